The monoisotopic (exact) mass is 348 g/mol. The predicted molar refractivity (Wildman–Crippen MR) is 88.6 cm³/mol. The molecule has 2 heterocycles. The smallest absolute Gasteiger partial charge is 0.267 e. The van der Waals surface area contributed by atoms with Crippen molar-refractivity contribution in [2.45, 2.75) is 6.92 Å². The largest absolute Gasteiger partial charge is 0.370 e. The van der Waals surface area contributed by atoms with Crippen molar-refractivity contribution in [3.8, 4) is 11.4 Å². The molecule has 114 valence electrons. The number of carbonyl (C=O) groups is 1. The number of carbonyl (C=O) groups excluding carboxylic acids is 1. The van der Waals surface area contributed by atoms with Crippen LogP contribution in [0, 0.1) is 6.92 Å². The second-order valence-electron chi connectivity index (χ2n) is 3.78. The van der Waals surface area contributed by atoms with Crippen molar-refractivity contribution in [3.63, 3.8) is 0 Å². The van der Waals surface area contributed by atoms with Gasteiger partial charge in [0.25, 0.3) is 5.91 Å². The number of aryl methyl sites for hydroxylation is 1. The van der Waals surface area contributed by atoms with E-state index in [0.717, 1.165) is 5.56 Å². The number of thiazole rings is 1. The van der Waals surface area contributed by atoms with Crippen LogP contribution < -0.4 is 17.2 Å². The standard InChI is InChI=1S/C11H12N6OS.2ClH/c1-5-2-3-6(9(12)18)15-8(5)7-4-19-11(16-7)17-10(13)14;;/h2-4H,1H3,(H2,12,18)(H4,13,14,16,17);2*1H. The Morgan fingerprint density at radius 2 is 1.86 bits per heavy atom. The van der Waals surface area contributed by atoms with Crippen LogP contribution in [0.3, 0.4) is 0 Å². The number of pyridine rings is 1. The molecule has 2 aromatic rings. The van der Waals surface area contributed by atoms with E-state index in [4.69, 9.17) is 17.2 Å². The molecule has 2 rings (SSSR count). The number of hydrogen-bond acceptors (Lipinski definition) is 5. The third-order valence-corrected chi connectivity index (χ3v) is 3.04. The summed E-state index contributed by atoms with van der Waals surface area (Å²) in [4.78, 5) is 23.4. The van der Waals surface area contributed by atoms with Crippen molar-refractivity contribution in [3.05, 3.63) is 28.8 Å². The van der Waals surface area contributed by atoms with Crippen LogP contribution in [0.5, 0.6) is 0 Å². The number of nitrogens with zero attached hydrogens (tertiary/aromatic N) is 3. The highest BCUT2D eigenvalue weighted by atomic mass is 35.5. The van der Waals surface area contributed by atoms with Crippen LogP contribution in [-0.2, 0) is 0 Å². The van der Waals surface area contributed by atoms with E-state index in [9.17, 15) is 4.79 Å². The highest BCUT2D eigenvalue weighted by Gasteiger charge is 2.11. The van der Waals surface area contributed by atoms with Crippen LogP contribution >= 0.6 is 36.2 Å². The lowest BCUT2D eigenvalue weighted by atomic mass is 10.1. The van der Waals surface area contributed by atoms with Gasteiger partial charge in [0.05, 0.1) is 5.69 Å². The van der Waals surface area contributed by atoms with Gasteiger partial charge in [-0.1, -0.05) is 6.07 Å². The molecule has 0 aromatic carbocycles. The number of amides is 1. The fourth-order valence-corrected chi connectivity index (χ4v) is 2.15. The minimum absolute atomic E-state index is 0. The molecular weight excluding hydrogens is 335 g/mol. The third-order valence-electron chi connectivity index (χ3n) is 2.31. The Hall–Kier alpha value is -1.90. The minimum Gasteiger partial charge on any atom is -0.370 e. The quantitative estimate of drug-likeness (QED) is 0.568. The summed E-state index contributed by atoms with van der Waals surface area (Å²) in [5.74, 6) is -0.641. The van der Waals surface area contributed by atoms with Gasteiger partial charge in [0.1, 0.15) is 11.4 Å². The molecule has 0 aliphatic heterocycles. The number of rotatable bonds is 3. The molecule has 7 nitrogen and oxygen atoms in total. The first kappa shape index (κ1) is 19.1. The van der Waals surface area contributed by atoms with Crippen molar-refractivity contribution in [2.24, 2.45) is 22.2 Å². The lowest BCUT2D eigenvalue weighted by molar-refractivity contribution is 0.0995. The SMILES string of the molecule is Cc1ccc(C(N)=O)nc1-c1csc(N=C(N)N)n1.Cl.Cl. The summed E-state index contributed by atoms with van der Waals surface area (Å²) in [6, 6.07) is 3.34. The topological polar surface area (TPSA) is 133 Å². The molecule has 2 aromatic heterocycles. The van der Waals surface area contributed by atoms with Gasteiger partial charge in [0.15, 0.2) is 5.96 Å². The van der Waals surface area contributed by atoms with Crippen molar-refractivity contribution >= 4 is 53.1 Å². The maximum Gasteiger partial charge on any atom is 0.267 e. The Morgan fingerprint density at radius 3 is 2.43 bits per heavy atom. The summed E-state index contributed by atoms with van der Waals surface area (Å²) >= 11 is 1.28. The van der Waals surface area contributed by atoms with Gasteiger partial charge in [-0.2, -0.15) is 4.99 Å². The van der Waals surface area contributed by atoms with Gasteiger partial charge in [-0.15, -0.1) is 36.2 Å². The lowest BCUT2D eigenvalue weighted by Crippen LogP contribution is -2.21. The Balaban J connectivity index is 0.00000200. The van der Waals surface area contributed by atoms with Crippen LogP contribution in [0.15, 0.2) is 22.5 Å². The van der Waals surface area contributed by atoms with Crippen molar-refractivity contribution in [1.82, 2.24) is 9.97 Å². The summed E-state index contributed by atoms with van der Waals surface area (Å²) in [6.45, 7) is 1.87. The number of halogens is 2. The molecular formula is C11H14Cl2N6OS. The molecule has 0 bridgehead atoms. The Morgan fingerprint density at radius 1 is 1.19 bits per heavy atom. The summed E-state index contributed by atoms with van der Waals surface area (Å²) in [5, 5.41) is 2.20. The number of guanidine groups is 1. The van der Waals surface area contributed by atoms with E-state index in [2.05, 4.69) is 15.0 Å². The zero-order valence-corrected chi connectivity index (χ0v) is 13.4. The van der Waals surface area contributed by atoms with Crippen LogP contribution in [0.4, 0.5) is 5.13 Å². The van der Waals surface area contributed by atoms with Gasteiger partial charge < -0.3 is 17.2 Å². The Labute approximate surface area is 137 Å². The number of aromatic nitrogens is 2. The van der Waals surface area contributed by atoms with Crippen molar-refractivity contribution < 1.29 is 4.79 Å². The van der Waals surface area contributed by atoms with Crippen LogP contribution in [0.25, 0.3) is 11.4 Å². The van der Waals surface area contributed by atoms with Crippen molar-refractivity contribution in [1.29, 1.82) is 0 Å². The van der Waals surface area contributed by atoms with Crippen LogP contribution in [0.2, 0.25) is 0 Å². The number of primary amides is 1. The van der Waals surface area contributed by atoms with E-state index in [1.165, 1.54) is 11.3 Å². The first-order chi connectivity index (χ1) is 8.97. The molecule has 0 saturated carbocycles. The predicted octanol–water partition coefficient (Wildman–Crippen LogP) is 1.36. The minimum atomic E-state index is -0.582. The molecule has 0 fully saturated rings. The Kier molecular flexibility index (Phi) is 7.07. The maximum atomic E-state index is 11.1. The van der Waals surface area contributed by atoms with E-state index < -0.39 is 5.91 Å². The molecule has 0 atom stereocenters. The molecule has 6 N–H and O–H groups in total. The molecule has 0 aliphatic carbocycles. The highest BCUT2D eigenvalue weighted by molar-refractivity contribution is 7.13. The molecule has 0 saturated heterocycles. The summed E-state index contributed by atoms with van der Waals surface area (Å²) in [6.07, 6.45) is 0. The van der Waals surface area contributed by atoms with Gasteiger partial charge >= 0.3 is 0 Å². The summed E-state index contributed by atoms with van der Waals surface area (Å²) in [7, 11) is 0. The van der Waals surface area contributed by atoms with Gasteiger partial charge in [0.2, 0.25) is 5.13 Å². The molecule has 0 spiro atoms. The van der Waals surface area contributed by atoms with Gasteiger partial charge in [0, 0.05) is 5.38 Å². The number of aliphatic imine (C=N–C) groups is 1. The highest BCUT2D eigenvalue weighted by Crippen LogP contribution is 2.27. The van der Waals surface area contributed by atoms with Gasteiger partial charge in [-0.05, 0) is 18.6 Å². The van der Waals surface area contributed by atoms with E-state index in [1.54, 1.807) is 17.5 Å². The lowest BCUT2D eigenvalue weighted by Gasteiger charge is -2.03. The molecule has 10 heteroatoms. The van der Waals surface area contributed by atoms with Crippen LogP contribution in [0.1, 0.15) is 16.1 Å². The zero-order chi connectivity index (χ0) is 14.0. The van der Waals surface area contributed by atoms with E-state index in [0.29, 0.717) is 16.5 Å². The fourth-order valence-electron chi connectivity index (χ4n) is 1.46. The average molecular weight is 349 g/mol. The van der Waals surface area contributed by atoms with Gasteiger partial charge in [-0.3, -0.25) is 4.79 Å². The first-order valence-corrected chi connectivity index (χ1v) is 6.18. The molecule has 0 aliphatic rings. The number of nitrogens with two attached hydrogens (primary N) is 3. The molecule has 0 unspecified atom stereocenters. The zero-order valence-electron chi connectivity index (χ0n) is 10.9. The Bertz CT molecular complexity index is 668. The first-order valence-electron chi connectivity index (χ1n) is 5.30. The summed E-state index contributed by atoms with van der Waals surface area (Å²) in [5.41, 5.74) is 18.0. The van der Waals surface area contributed by atoms with Crippen LogP contribution in [-0.4, -0.2) is 21.8 Å². The summed E-state index contributed by atoms with van der Waals surface area (Å²) < 4.78 is 0. The molecule has 0 radical (unpaired) electrons. The van der Waals surface area contributed by atoms with Crippen molar-refractivity contribution in [2.75, 3.05) is 0 Å². The van der Waals surface area contributed by atoms with E-state index >= 15 is 0 Å². The second-order valence-corrected chi connectivity index (χ2v) is 4.61. The van der Waals surface area contributed by atoms with Gasteiger partial charge in [-0.25, -0.2) is 9.97 Å². The maximum absolute atomic E-state index is 11.1. The normalized spacial score (nSPS) is 9.19. The fraction of sp³-hybridized carbons (Fsp3) is 0.0909. The number of hydrogen-bond donors (Lipinski definition) is 3. The average Bonchev–Trinajstić information content (AvgIpc) is 2.76. The second kappa shape index (κ2) is 7.77. The molecule has 1 amide bonds. The molecule has 21 heavy (non-hydrogen) atoms. The van der Waals surface area contributed by atoms with E-state index in [1.807, 2.05) is 6.92 Å². The third kappa shape index (κ3) is 4.55. The van der Waals surface area contributed by atoms with E-state index in [-0.39, 0.29) is 36.5 Å².